The number of hydrogen-bond donors (Lipinski definition) is 1. The Morgan fingerprint density at radius 3 is 2.38 bits per heavy atom. The van der Waals surface area contributed by atoms with Gasteiger partial charge in [-0.05, 0) is 53.4 Å². The molecule has 3 aromatic carbocycles. The van der Waals surface area contributed by atoms with Crippen molar-refractivity contribution in [3.8, 4) is 11.5 Å². The third-order valence-electron chi connectivity index (χ3n) is 6.58. The van der Waals surface area contributed by atoms with E-state index in [1.165, 1.54) is 11.2 Å². The van der Waals surface area contributed by atoms with Crippen molar-refractivity contribution >= 4 is 17.4 Å². The van der Waals surface area contributed by atoms with Gasteiger partial charge in [0.15, 0.2) is 0 Å². The Morgan fingerprint density at radius 2 is 1.68 bits per heavy atom. The van der Waals surface area contributed by atoms with Gasteiger partial charge in [-0.3, -0.25) is 9.59 Å². The van der Waals surface area contributed by atoms with Crippen molar-refractivity contribution in [2.24, 2.45) is 5.92 Å². The molecular formula is C33H31NO6. The molecular weight excluding hydrogens is 506 g/mol. The van der Waals surface area contributed by atoms with E-state index in [2.05, 4.69) is 0 Å². The van der Waals surface area contributed by atoms with E-state index in [0.717, 1.165) is 5.56 Å². The van der Waals surface area contributed by atoms with E-state index in [-0.39, 0.29) is 17.9 Å². The number of benzene rings is 3. The lowest BCUT2D eigenvalue weighted by molar-refractivity contribution is -0.140. The van der Waals surface area contributed by atoms with E-state index in [4.69, 9.17) is 13.9 Å². The molecule has 1 amide bonds. The molecule has 0 bridgehead atoms. The fourth-order valence-electron chi connectivity index (χ4n) is 4.60. The Bertz CT molecular complexity index is 1490. The topological polar surface area (TPSA) is 89.2 Å². The SMILES string of the molecule is CC(C)COc1cccc(/C(O)=C2/C(=O)C(=O)N(Cc3ccco3)C2c2ccc(OCc3ccccc3)cc2)c1. The third kappa shape index (κ3) is 5.94. The van der Waals surface area contributed by atoms with Crippen LogP contribution >= 0.6 is 0 Å². The van der Waals surface area contributed by atoms with E-state index in [1.54, 1.807) is 48.5 Å². The van der Waals surface area contributed by atoms with Crippen LogP contribution in [-0.2, 0) is 22.7 Å². The monoisotopic (exact) mass is 537 g/mol. The molecule has 1 atom stereocenters. The lowest BCUT2D eigenvalue weighted by Crippen LogP contribution is -2.29. The first kappa shape index (κ1) is 26.8. The van der Waals surface area contributed by atoms with Crippen LogP contribution in [0.25, 0.3) is 5.76 Å². The van der Waals surface area contributed by atoms with Gasteiger partial charge in [-0.2, -0.15) is 0 Å². The molecule has 1 saturated heterocycles. The lowest BCUT2D eigenvalue weighted by Gasteiger charge is -2.24. The highest BCUT2D eigenvalue weighted by Gasteiger charge is 2.46. The summed E-state index contributed by atoms with van der Waals surface area (Å²) in [6.07, 6.45) is 1.52. The van der Waals surface area contributed by atoms with Crippen molar-refractivity contribution in [2.75, 3.05) is 6.61 Å². The number of aliphatic hydroxyl groups excluding tert-OH is 1. The predicted molar refractivity (Wildman–Crippen MR) is 151 cm³/mol. The van der Waals surface area contributed by atoms with Crippen molar-refractivity contribution in [3.63, 3.8) is 0 Å². The van der Waals surface area contributed by atoms with Crippen LogP contribution in [0.3, 0.4) is 0 Å². The Hall–Kier alpha value is -4.78. The molecule has 204 valence electrons. The predicted octanol–water partition coefficient (Wildman–Crippen LogP) is 6.52. The number of hydrogen-bond acceptors (Lipinski definition) is 6. The van der Waals surface area contributed by atoms with Gasteiger partial charge in [-0.1, -0.05) is 68.4 Å². The van der Waals surface area contributed by atoms with Gasteiger partial charge in [0.25, 0.3) is 11.7 Å². The first-order valence-corrected chi connectivity index (χ1v) is 13.2. The normalized spacial score (nSPS) is 16.5. The zero-order valence-electron chi connectivity index (χ0n) is 22.4. The Labute approximate surface area is 233 Å². The molecule has 5 rings (SSSR count). The molecule has 2 heterocycles. The van der Waals surface area contributed by atoms with E-state index in [1.807, 2.05) is 56.3 Å². The minimum atomic E-state index is -0.825. The van der Waals surface area contributed by atoms with Crippen molar-refractivity contribution in [1.29, 1.82) is 0 Å². The van der Waals surface area contributed by atoms with Crippen LogP contribution in [0.2, 0.25) is 0 Å². The summed E-state index contributed by atoms with van der Waals surface area (Å²) in [4.78, 5) is 28.1. The molecule has 1 N–H and O–H groups in total. The summed E-state index contributed by atoms with van der Waals surface area (Å²) in [5, 5.41) is 11.4. The second-order valence-electron chi connectivity index (χ2n) is 10.1. The Balaban J connectivity index is 1.49. The summed E-state index contributed by atoms with van der Waals surface area (Å²) in [6.45, 7) is 5.08. The summed E-state index contributed by atoms with van der Waals surface area (Å²) in [6, 6.07) is 26.6. The molecule has 1 aliphatic heterocycles. The molecule has 0 aliphatic carbocycles. The lowest BCUT2D eigenvalue weighted by atomic mass is 9.95. The fourth-order valence-corrected chi connectivity index (χ4v) is 4.60. The number of nitrogens with zero attached hydrogens (tertiary/aromatic N) is 1. The zero-order valence-corrected chi connectivity index (χ0v) is 22.4. The second kappa shape index (κ2) is 11.9. The number of carbonyl (C=O) groups is 2. The molecule has 1 aromatic heterocycles. The summed E-state index contributed by atoms with van der Waals surface area (Å²) < 4.78 is 17.2. The van der Waals surface area contributed by atoms with E-state index in [9.17, 15) is 14.7 Å². The van der Waals surface area contributed by atoms with Gasteiger partial charge in [0.05, 0.1) is 31.0 Å². The van der Waals surface area contributed by atoms with Gasteiger partial charge in [0.1, 0.15) is 29.6 Å². The molecule has 7 heteroatoms. The number of carbonyl (C=O) groups excluding carboxylic acids is 2. The van der Waals surface area contributed by atoms with E-state index < -0.39 is 17.7 Å². The van der Waals surface area contributed by atoms with Gasteiger partial charge in [-0.25, -0.2) is 0 Å². The quantitative estimate of drug-likeness (QED) is 0.141. The van der Waals surface area contributed by atoms with Crippen LogP contribution in [0.15, 0.2) is 107 Å². The van der Waals surface area contributed by atoms with Crippen LogP contribution in [0.5, 0.6) is 11.5 Å². The fraction of sp³-hybridized carbons (Fsp3) is 0.212. The standard InChI is InChI=1S/C33H31NO6/c1-22(2)20-39-27-11-6-10-25(18-27)31(35)29-30(34(33(37)32(29)36)19-28-12-7-17-38-28)24-13-15-26(16-14-24)40-21-23-8-4-3-5-9-23/h3-18,22,30,35H,19-21H2,1-2H3/b31-29-. The minimum absolute atomic E-state index is 0.00974. The van der Waals surface area contributed by atoms with Crippen LogP contribution in [0, 0.1) is 5.92 Å². The number of ketones is 1. The number of furan rings is 1. The van der Waals surface area contributed by atoms with E-state index >= 15 is 0 Å². The molecule has 7 nitrogen and oxygen atoms in total. The van der Waals surface area contributed by atoms with Crippen LogP contribution in [-0.4, -0.2) is 28.3 Å². The van der Waals surface area contributed by atoms with Gasteiger partial charge in [0.2, 0.25) is 0 Å². The van der Waals surface area contributed by atoms with Crippen molar-refractivity contribution in [1.82, 2.24) is 4.90 Å². The van der Waals surface area contributed by atoms with Gasteiger partial charge in [0, 0.05) is 5.56 Å². The number of aliphatic hydroxyl groups is 1. The maximum atomic E-state index is 13.4. The number of Topliss-reactive ketones (excluding diaryl/α,β-unsaturated/α-hetero) is 1. The molecule has 1 fully saturated rings. The van der Waals surface area contributed by atoms with Crippen molar-refractivity contribution in [2.45, 2.75) is 33.0 Å². The largest absolute Gasteiger partial charge is 0.507 e. The first-order chi connectivity index (χ1) is 19.4. The highest BCUT2D eigenvalue weighted by molar-refractivity contribution is 6.46. The Kier molecular flexibility index (Phi) is 8.01. The van der Waals surface area contributed by atoms with Crippen LogP contribution in [0.1, 0.15) is 42.3 Å². The molecule has 40 heavy (non-hydrogen) atoms. The summed E-state index contributed by atoms with van der Waals surface area (Å²) in [7, 11) is 0. The zero-order chi connectivity index (χ0) is 28.1. The van der Waals surface area contributed by atoms with Gasteiger partial charge < -0.3 is 23.9 Å². The van der Waals surface area contributed by atoms with Crippen LogP contribution in [0.4, 0.5) is 0 Å². The molecule has 1 unspecified atom stereocenters. The van der Waals surface area contributed by atoms with Crippen molar-refractivity contribution in [3.05, 3.63) is 125 Å². The highest BCUT2D eigenvalue weighted by atomic mass is 16.5. The molecule has 0 spiro atoms. The van der Waals surface area contributed by atoms with Gasteiger partial charge in [-0.15, -0.1) is 0 Å². The summed E-state index contributed by atoms with van der Waals surface area (Å²) in [5.74, 6) is 0.337. The number of likely N-dealkylation sites (tertiary alicyclic amines) is 1. The Morgan fingerprint density at radius 1 is 0.900 bits per heavy atom. The molecule has 4 aromatic rings. The second-order valence-corrected chi connectivity index (χ2v) is 10.1. The summed E-state index contributed by atoms with van der Waals surface area (Å²) >= 11 is 0. The average Bonchev–Trinajstić information content (AvgIpc) is 3.58. The first-order valence-electron chi connectivity index (χ1n) is 13.2. The third-order valence-corrected chi connectivity index (χ3v) is 6.58. The summed E-state index contributed by atoms with van der Waals surface area (Å²) in [5.41, 5.74) is 2.10. The van der Waals surface area contributed by atoms with Crippen LogP contribution < -0.4 is 9.47 Å². The van der Waals surface area contributed by atoms with E-state index in [0.29, 0.717) is 47.5 Å². The maximum absolute atomic E-state index is 13.4. The maximum Gasteiger partial charge on any atom is 0.296 e. The van der Waals surface area contributed by atoms with Crippen molar-refractivity contribution < 1.29 is 28.6 Å². The highest BCUT2D eigenvalue weighted by Crippen LogP contribution is 2.41. The number of ether oxygens (including phenoxy) is 2. The van der Waals surface area contributed by atoms with Gasteiger partial charge >= 0.3 is 0 Å². The average molecular weight is 538 g/mol. The molecule has 0 radical (unpaired) electrons. The molecule has 0 saturated carbocycles. The minimum Gasteiger partial charge on any atom is -0.507 e. The molecule has 1 aliphatic rings. The smallest absolute Gasteiger partial charge is 0.296 e. The number of rotatable bonds is 10. The number of amides is 1.